The predicted octanol–water partition coefficient (Wildman–Crippen LogP) is 5.35. The van der Waals surface area contributed by atoms with Crippen LogP contribution in [0, 0.1) is 0 Å². The standard InChI is InChI=1S/C22H27NO2/c1-3-5-15-23(16-6-4-2)18-13-11-17(12-14-18)21-19-9-7-8-10-20(19)22(24)25-21/h7-14,21H,3-6,15-16H2,1-2H3. The van der Waals surface area contributed by atoms with E-state index >= 15 is 0 Å². The molecule has 2 aromatic rings. The topological polar surface area (TPSA) is 29.5 Å². The minimum atomic E-state index is -0.280. The number of hydrogen-bond donors (Lipinski definition) is 0. The van der Waals surface area contributed by atoms with Crippen molar-refractivity contribution >= 4 is 11.7 Å². The summed E-state index contributed by atoms with van der Waals surface area (Å²) in [6, 6.07) is 16.2. The summed E-state index contributed by atoms with van der Waals surface area (Å²) in [5, 5.41) is 0. The number of rotatable bonds is 8. The third-order valence-electron chi connectivity index (χ3n) is 4.81. The van der Waals surface area contributed by atoms with Gasteiger partial charge in [-0.2, -0.15) is 0 Å². The second kappa shape index (κ2) is 8.19. The minimum Gasteiger partial charge on any atom is -0.449 e. The number of carbonyl (C=O) groups excluding carboxylic acids is 1. The number of nitrogens with zero attached hydrogens (tertiary/aromatic N) is 1. The van der Waals surface area contributed by atoms with Gasteiger partial charge in [-0.1, -0.05) is 57.0 Å². The molecule has 1 aliphatic heterocycles. The van der Waals surface area contributed by atoms with E-state index in [1.54, 1.807) is 0 Å². The van der Waals surface area contributed by atoms with Crippen molar-refractivity contribution in [3.63, 3.8) is 0 Å². The van der Waals surface area contributed by atoms with Crippen LogP contribution in [-0.4, -0.2) is 19.1 Å². The highest BCUT2D eigenvalue weighted by Gasteiger charge is 2.31. The zero-order valence-electron chi connectivity index (χ0n) is 15.2. The number of cyclic esters (lactones) is 1. The van der Waals surface area contributed by atoms with Gasteiger partial charge in [-0.15, -0.1) is 0 Å². The highest BCUT2D eigenvalue weighted by Crippen LogP contribution is 2.36. The number of carbonyl (C=O) groups is 1. The van der Waals surface area contributed by atoms with Gasteiger partial charge in [0.2, 0.25) is 0 Å². The fourth-order valence-corrected chi connectivity index (χ4v) is 3.32. The third-order valence-corrected chi connectivity index (χ3v) is 4.81. The van der Waals surface area contributed by atoms with Crippen LogP contribution in [0.4, 0.5) is 5.69 Å². The summed E-state index contributed by atoms with van der Waals surface area (Å²) in [5.74, 6) is -0.225. The van der Waals surface area contributed by atoms with Crippen LogP contribution in [0.25, 0.3) is 0 Å². The largest absolute Gasteiger partial charge is 0.449 e. The molecule has 1 unspecified atom stereocenters. The monoisotopic (exact) mass is 337 g/mol. The van der Waals surface area contributed by atoms with Crippen molar-refractivity contribution in [1.29, 1.82) is 0 Å². The maximum absolute atomic E-state index is 12.0. The summed E-state index contributed by atoms with van der Waals surface area (Å²) in [7, 11) is 0. The van der Waals surface area contributed by atoms with Gasteiger partial charge in [-0.25, -0.2) is 4.79 Å². The van der Waals surface area contributed by atoms with Crippen molar-refractivity contribution < 1.29 is 9.53 Å². The highest BCUT2D eigenvalue weighted by molar-refractivity contribution is 5.94. The Balaban J connectivity index is 1.79. The van der Waals surface area contributed by atoms with Gasteiger partial charge < -0.3 is 9.64 Å². The number of esters is 1. The van der Waals surface area contributed by atoms with Crippen molar-refractivity contribution in [2.75, 3.05) is 18.0 Å². The Kier molecular flexibility index (Phi) is 5.75. The molecule has 0 aromatic heterocycles. The van der Waals surface area contributed by atoms with Crippen molar-refractivity contribution in [3.8, 4) is 0 Å². The molecule has 1 aliphatic rings. The lowest BCUT2D eigenvalue weighted by Gasteiger charge is -2.25. The maximum Gasteiger partial charge on any atom is 0.339 e. The molecule has 0 spiro atoms. The van der Waals surface area contributed by atoms with Crippen LogP contribution in [0.5, 0.6) is 0 Å². The number of unbranched alkanes of at least 4 members (excludes halogenated alkanes) is 2. The molecule has 1 atom stereocenters. The molecular formula is C22H27NO2. The zero-order valence-corrected chi connectivity index (χ0v) is 15.2. The normalized spacial score (nSPS) is 15.8. The lowest BCUT2D eigenvalue weighted by atomic mass is 9.99. The Labute approximate surface area is 150 Å². The van der Waals surface area contributed by atoms with E-state index in [-0.39, 0.29) is 12.1 Å². The molecule has 0 fully saturated rings. The summed E-state index contributed by atoms with van der Waals surface area (Å²) in [6.45, 7) is 6.65. The van der Waals surface area contributed by atoms with Crippen LogP contribution in [0.1, 0.15) is 67.1 Å². The summed E-state index contributed by atoms with van der Waals surface area (Å²) in [6.07, 6.45) is 4.54. The maximum atomic E-state index is 12.0. The lowest BCUT2D eigenvalue weighted by molar-refractivity contribution is 0.0456. The van der Waals surface area contributed by atoms with Gasteiger partial charge in [0.15, 0.2) is 6.10 Å². The van der Waals surface area contributed by atoms with Gasteiger partial charge in [0, 0.05) is 24.3 Å². The Morgan fingerprint density at radius 2 is 1.56 bits per heavy atom. The molecule has 0 amide bonds. The van der Waals surface area contributed by atoms with Crippen molar-refractivity contribution in [3.05, 3.63) is 65.2 Å². The summed E-state index contributed by atoms with van der Waals surface area (Å²) >= 11 is 0. The predicted molar refractivity (Wildman–Crippen MR) is 102 cm³/mol. The Morgan fingerprint density at radius 3 is 2.20 bits per heavy atom. The highest BCUT2D eigenvalue weighted by atomic mass is 16.5. The molecule has 0 radical (unpaired) electrons. The molecule has 0 bridgehead atoms. The van der Waals surface area contributed by atoms with E-state index in [9.17, 15) is 4.79 Å². The second-order valence-electron chi connectivity index (χ2n) is 6.66. The SMILES string of the molecule is CCCCN(CCCC)c1ccc(C2OC(=O)c3ccccc32)cc1. The average molecular weight is 337 g/mol. The minimum absolute atomic E-state index is 0.225. The summed E-state index contributed by atoms with van der Waals surface area (Å²) in [4.78, 5) is 14.5. The average Bonchev–Trinajstić information content (AvgIpc) is 2.99. The van der Waals surface area contributed by atoms with Crippen LogP contribution < -0.4 is 4.90 Å². The number of benzene rings is 2. The zero-order chi connectivity index (χ0) is 17.6. The van der Waals surface area contributed by atoms with E-state index in [0.29, 0.717) is 5.56 Å². The fraction of sp³-hybridized carbons (Fsp3) is 0.409. The first-order valence-electron chi connectivity index (χ1n) is 9.39. The molecule has 0 N–H and O–H groups in total. The first kappa shape index (κ1) is 17.5. The lowest BCUT2D eigenvalue weighted by Crippen LogP contribution is -2.25. The van der Waals surface area contributed by atoms with Crippen LogP contribution in [-0.2, 0) is 4.74 Å². The van der Waals surface area contributed by atoms with Crippen LogP contribution >= 0.6 is 0 Å². The molecule has 25 heavy (non-hydrogen) atoms. The van der Waals surface area contributed by atoms with Gasteiger partial charge >= 0.3 is 5.97 Å². The number of fused-ring (bicyclic) bond motifs is 1. The molecule has 3 nitrogen and oxygen atoms in total. The van der Waals surface area contributed by atoms with Gasteiger partial charge in [-0.3, -0.25) is 0 Å². The first-order chi connectivity index (χ1) is 12.2. The third kappa shape index (κ3) is 3.87. The molecular weight excluding hydrogens is 310 g/mol. The van der Waals surface area contributed by atoms with E-state index in [2.05, 4.69) is 43.0 Å². The molecule has 3 heteroatoms. The van der Waals surface area contributed by atoms with Crippen LogP contribution in [0.15, 0.2) is 48.5 Å². The quantitative estimate of drug-likeness (QED) is 0.608. The van der Waals surface area contributed by atoms with Crippen LogP contribution in [0.2, 0.25) is 0 Å². The van der Waals surface area contributed by atoms with Crippen LogP contribution in [0.3, 0.4) is 0 Å². The summed E-state index contributed by atoms with van der Waals surface area (Å²) < 4.78 is 5.60. The first-order valence-corrected chi connectivity index (χ1v) is 9.39. The van der Waals surface area contributed by atoms with Crippen molar-refractivity contribution in [1.82, 2.24) is 0 Å². The molecule has 0 saturated carbocycles. The Bertz CT molecular complexity index is 700. The number of hydrogen-bond acceptors (Lipinski definition) is 3. The van der Waals surface area contributed by atoms with E-state index in [1.165, 1.54) is 31.4 Å². The second-order valence-corrected chi connectivity index (χ2v) is 6.66. The van der Waals surface area contributed by atoms with E-state index in [1.807, 2.05) is 24.3 Å². The van der Waals surface area contributed by atoms with Gasteiger partial charge in [0.1, 0.15) is 0 Å². The Morgan fingerprint density at radius 1 is 0.920 bits per heavy atom. The Hall–Kier alpha value is -2.29. The van der Waals surface area contributed by atoms with Gasteiger partial charge in [0.05, 0.1) is 5.56 Å². The number of anilines is 1. The van der Waals surface area contributed by atoms with E-state index < -0.39 is 0 Å². The fourth-order valence-electron chi connectivity index (χ4n) is 3.32. The molecule has 1 heterocycles. The molecule has 0 saturated heterocycles. The van der Waals surface area contributed by atoms with E-state index in [4.69, 9.17) is 4.74 Å². The van der Waals surface area contributed by atoms with Gasteiger partial charge in [-0.05, 0) is 36.6 Å². The number of ether oxygens (including phenoxy) is 1. The molecule has 2 aromatic carbocycles. The van der Waals surface area contributed by atoms with Gasteiger partial charge in [0.25, 0.3) is 0 Å². The molecule has 3 rings (SSSR count). The van der Waals surface area contributed by atoms with Crippen molar-refractivity contribution in [2.24, 2.45) is 0 Å². The van der Waals surface area contributed by atoms with Crippen molar-refractivity contribution in [2.45, 2.75) is 45.6 Å². The smallest absolute Gasteiger partial charge is 0.339 e. The molecule has 132 valence electrons. The summed E-state index contributed by atoms with van der Waals surface area (Å²) in [5.41, 5.74) is 3.94. The van der Waals surface area contributed by atoms with E-state index in [0.717, 1.165) is 24.2 Å². The molecule has 0 aliphatic carbocycles.